The Morgan fingerprint density at radius 2 is 1.96 bits per heavy atom. The molecule has 1 aromatic carbocycles. The summed E-state index contributed by atoms with van der Waals surface area (Å²) < 4.78 is 16.2. The monoisotopic (exact) mass is 392 g/mol. The summed E-state index contributed by atoms with van der Waals surface area (Å²) in [5.74, 6) is 0.697. The van der Waals surface area contributed by atoms with E-state index in [1.165, 1.54) is 6.26 Å². The largest absolute Gasteiger partial charge is 0.461 e. The summed E-state index contributed by atoms with van der Waals surface area (Å²) in [6.45, 7) is 1.24. The fourth-order valence-corrected chi connectivity index (χ4v) is 3.41. The molecule has 2 aromatic heterocycles. The van der Waals surface area contributed by atoms with Gasteiger partial charge >= 0.3 is 0 Å². The highest BCUT2D eigenvalue weighted by Gasteiger charge is 2.28. The van der Waals surface area contributed by atoms with E-state index in [1.54, 1.807) is 41.3 Å². The highest BCUT2D eigenvalue weighted by Crippen LogP contribution is 2.29. The van der Waals surface area contributed by atoms with Crippen molar-refractivity contribution in [2.75, 3.05) is 19.7 Å². The maximum Gasteiger partial charge on any atom is 0.276 e. The van der Waals surface area contributed by atoms with Crippen LogP contribution in [0.25, 0.3) is 11.5 Å². The highest BCUT2D eigenvalue weighted by molar-refractivity contribution is 6.34. The molecule has 1 amide bonds. The molecule has 0 N–H and O–H groups in total. The van der Waals surface area contributed by atoms with Gasteiger partial charge in [0, 0.05) is 22.7 Å². The van der Waals surface area contributed by atoms with Crippen molar-refractivity contribution in [2.24, 2.45) is 0 Å². The number of morpholine rings is 1. The molecule has 0 unspecified atom stereocenters. The molecule has 4 rings (SSSR count). The Balaban J connectivity index is 1.51. The molecule has 134 valence electrons. The fourth-order valence-electron chi connectivity index (χ4n) is 2.87. The van der Waals surface area contributed by atoms with Crippen LogP contribution in [-0.4, -0.2) is 35.7 Å². The van der Waals surface area contributed by atoms with Crippen LogP contribution in [0.15, 0.2) is 51.6 Å². The first-order valence-corrected chi connectivity index (χ1v) is 8.73. The molecule has 1 fully saturated rings. The molecule has 1 aliphatic heterocycles. The maximum atomic E-state index is 12.8. The van der Waals surface area contributed by atoms with Crippen LogP contribution in [0.3, 0.4) is 0 Å². The first-order valence-electron chi connectivity index (χ1n) is 7.97. The van der Waals surface area contributed by atoms with Crippen LogP contribution in [0.5, 0.6) is 0 Å². The Labute approximate surface area is 159 Å². The van der Waals surface area contributed by atoms with Gasteiger partial charge in [-0.05, 0) is 35.9 Å². The zero-order valence-electron chi connectivity index (χ0n) is 13.5. The average Bonchev–Trinajstić information content (AvgIpc) is 3.32. The van der Waals surface area contributed by atoms with Crippen molar-refractivity contribution in [1.29, 1.82) is 0 Å². The molecular weight excluding hydrogens is 379 g/mol. The predicted octanol–water partition coefficient (Wildman–Crippen LogP) is 4.46. The molecule has 0 aliphatic carbocycles. The van der Waals surface area contributed by atoms with Crippen molar-refractivity contribution in [3.8, 4) is 11.5 Å². The second kappa shape index (κ2) is 7.15. The van der Waals surface area contributed by atoms with E-state index in [4.69, 9.17) is 36.9 Å². The second-order valence-corrected chi connectivity index (χ2v) is 6.74. The van der Waals surface area contributed by atoms with Gasteiger partial charge in [0.1, 0.15) is 6.10 Å². The smallest absolute Gasteiger partial charge is 0.276 e. The van der Waals surface area contributed by atoms with Gasteiger partial charge in [-0.1, -0.05) is 28.4 Å². The van der Waals surface area contributed by atoms with Crippen LogP contribution < -0.4 is 0 Å². The number of carbonyl (C=O) groups excluding carboxylic acids is 1. The fraction of sp³-hybridized carbons (Fsp3) is 0.222. The number of nitrogens with zero attached hydrogens (tertiary/aromatic N) is 2. The van der Waals surface area contributed by atoms with Gasteiger partial charge in [0.05, 0.1) is 19.4 Å². The van der Waals surface area contributed by atoms with Crippen LogP contribution in [0, 0.1) is 0 Å². The summed E-state index contributed by atoms with van der Waals surface area (Å²) in [6, 6.07) is 10.3. The Morgan fingerprint density at radius 1 is 1.15 bits per heavy atom. The Kier molecular flexibility index (Phi) is 4.72. The van der Waals surface area contributed by atoms with E-state index in [1.807, 2.05) is 0 Å². The van der Waals surface area contributed by atoms with Crippen LogP contribution >= 0.6 is 23.2 Å². The third kappa shape index (κ3) is 3.49. The summed E-state index contributed by atoms with van der Waals surface area (Å²) >= 11 is 12.1. The van der Waals surface area contributed by atoms with Gasteiger partial charge in [0.25, 0.3) is 5.91 Å². The first kappa shape index (κ1) is 17.1. The molecule has 0 radical (unpaired) electrons. The third-order valence-corrected chi connectivity index (χ3v) is 4.54. The minimum absolute atomic E-state index is 0.223. The number of hydrogen-bond acceptors (Lipinski definition) is 5. The highest BCUT2D eigenvalue weighted by atomic mass is 35.5. The summed E-state index contributed by atoms with van der Waals surface area (Å²) in [5.41, 5.74) is 1.05. The number of aromatic nitrogens is 1. The topological polar surface area (TPSA) is 68.7 Å². The van der Waals surface area contributed by atoms with E-state index in [2.05, 4.69) is 5.16 Å². The van der Waals surface area contributed by atoms with E-state index in [0.717, 1.165) is 5.56 Å². The molecule has 3 aromatic rings. The molecule has 0 spiro atoms. The lowest BCUT2D eigenvalue weighted by atomic mass is 10.1. The lowest BCUT2D eigenvalue weighted by Crippen LogP contribution is -2.42. The zero-order valence-corrected chi connectivity index (χ0v) is 15.0. The molecule has 0 bridgehead atoms. The number of furan rings is 1. The zero-order chi connectivity index (χ0) is 18.1. The van der Waals surface area contributed by atoms with Crippen LogP contribution in [-0.2, 0) is 4.74 Å². The van der Waals surface area contributed by atoms with Crippen molar-refractivity contribution < 1.29 is 18.5 Å². The van der Waals surface area contributed by atoms with Crippen molar-refractivity contribution in [3.05, 3.63) is 64.0 Å². The molecule has 8 heteroatoms. The quantitative estimate of drug-likeness (QED) is 0.658. The van der Waals surface area contributed by atoms with Gasteiger partial charge in [-0.2, -0.15) is 0 Å². The van der Waals surface area contributed by atoms with E-state index in [9.17, 15) is 4.79 Å². The van der Waals surface area contributed by atoms with Gasteiger partial charge in [-0.15, -0.1) is 0 Å². The van der Waals surface area contributed by atoms with Gasteiger partial charge < -0.3 is 18.6 Å². The number of hydrogen-bond donors (Lipinski definition) is 0. The number of halogens is 2. The Bertz CT molecular complexity index is 903. The van der Waals surface area contributed by atoms with Gasteiger partial charge in [-0.3, -0.25) is 4.79 Å². The van der Waals surface area contributed by atoms with E-state index in [0.29, 0.717) is 41.3 Å². The van der Waals surface area contributed by atoms with Crippen LogP contribution in [0.1, 0.15) is 22.2 Å². The SMILES string of the molecule is O=C(c1cc(-c2ccco2)on1)N1CCO[C@H](c2cc(Cl)cc(Cl)c2)C1. The number of amides is 1. The number of benzene rings is 1. The number of rotatable bonds is 3. The van der Waals surface area contributed by atoms with E-state index < -0.39 is 0 Å². The molecule has 6 nitrogen and oxygen atoms in total. The standard InChI is InChI=1S/C18H14Cl2N2O4/c19-12-6-11(7-13(20)8-12)17-10-22(3-5-25-17)18(23)14-9-16(26-21-14)15-2-1-4-24-15/h1-2,4,6-9,17H,3,5,10H2/t17-/m0/s1. The molecule has 0 saturated carbocycles. The molecule has 1 saturated heterocycles. The van der Waals surface area contributed by atoms with Crippen molar-refractivity contribution >= 4 is 29.1 Å². The predicted molar refractivity (Wildman–Crippen MR) is 95.3 cm³/mol. The number of carbonyl (C=O) groups is 1. The van der Waals surface area contributed by atoms with Crippen LogP contribution in [0.2, 0.25) is 10.0 Å². The van der Waals surface area contributed by atoms with Crippen molar-refractivity contribution in [1.82, 2.24) is 10.1 Å². The van der Waals surface area contributed by atoms with Gasteiger partial charge in [0.15, 0.2) is 11.5 Å². The third-order valence-electron chi connectivity index (χ3n) is 4.10. The average molecular weight is 393 g/mol. The molecule has 1 atom stereocenters. The molecule has 1 aliphatic rings. The second-order valence-electron chi connectivity index (χ2n) is 5.87. The normalized spacial score (nSPS) is 17.5. The van der Waals surface area contributed by atoms with Crippen LogP contribution in [0.4, 0.5) is 0 Å². The van der Waals surface area contributed by atoms with E-state index >= 15 is 0 Å². The minimum atomic E-state index is -0.305. The van der Waals surface area contributed by atoms with Crippen molar-refractivity contribution in [2.45, 2.75) is 6.10 Å². The first-order chi connectivity index (χ1) is 12.6. The summed E-state index contributed by atoms with van der Waals surface area (Å²) in [5, 5.41) is 4.92. The van der Waals surface area contributed by atoms with E-state index in [-0.39, 0.29) is 17.7 Å². The van der Waals surface area contributed by atoms with Crippen molar-refractivity contribution in [3.63, 3.8) is 0 Å². The molecule has 26 heavy (non-hydrogen) atoms. The lowest BCUT2D eigenvalue weighted by Gasteiger charge is -2.32. The summed E-state index contributed by atoms with van der Waals surface area (Å²) in [7, 11) is 0. The lowest BCUT2D eigenvalue weighted by molar-refractivity contribution is -0.0231. The van der Waals surface area contributed by atoms with Gasteiger partial charge in [-0.25, -0.2) is 0 Å². The summed E-state index contributed by atoms with van der Waals surface area (Å²) in [6.07, 6.45) is 1.22. The Morgan fingerprint density at radius 3 is 2.69 bits per heavy atom. The Hall–Kier alpha value is -2.28. The molecule has 3 heterocycles. The number of ether oxygens (including phenoxy) is 1. The summed E-state index contributed by atoms with van der Waals surface area (Å²) in [4.78, 5) is 14.4. The molecular formula is C18H14Cl2N2O4. The minimum Gasteiger partial charge on any atom is -0.461 e. The maximum absolute atomic E-state index is 12.8. The van der Waals surface area contributed by atoms with Gasteiger partial charge in [0.2, 0.25) is 5.76 Å².